The molecule has 0 N–H and O–H groups in total. The van der Waals surface area contributed by atoms with Crippen molar-refractivity contribution in [3.05, 3.63) is 83.1 Å². The van der Waals surface area contributed by atoms with E-state index in [1.165, 1.54) is 0 Å². The van der Waals surface area contributed by atoms with E-state index in [1.807, 2.05) is 0 Å². The number of methoxy groups -OCH3 is 3. The number of carbonyl (C=O) groups excluding carboxylic acids is 2. The van der Waals surface area contributed by atoms with Crippen molar-refractivity contribution in [2.24, 2.45) is 0 Å². The predicted molar refractivity (Wildman–Crippen MR) is 122 cm³/mol. The van der Waals surface area contributed by atoms with E-state index < -0.39 is 0 Å². The molecule has 0 unspecified atom stereocenters. The Kier molecular flexibility index (Phi) is 6.31. The summed E-state index contributed by atoms with van der Waals surface area (Å²) in [6.45, 7) is -0.148. The summed E-state index contributed by atoms with van der Waals surface area (Å²) in [5.41, 5.74) is 1.61. The first-order valence-corrected chi connectivity index (χ1v) is 10.1. The van der Waals surface area contributed by atoms with Crippen molar-refractivity contribution in [1.82, 2.24) is 0 Å². The van der Waals surface area contributed by atoms with Gasteiger partial charge in [0.1, 0.15) is 28.7 Å². The van der Waals surface area contributed by atoms with E-state index in [2.05, 4.69) is 0 Å². The van der Waals surface area contributed by atoms with Gasteiger partial charge in [-0.25, -0.2) is 0 Å². The molecule has 3 aromatic carbocycles. The lowest BCUT2D eigenvalue weighted by Gasteiger charge is -2.08. The highest BCUT2D eigenvalue weighted by Crippen LogP contribution is 2.36. The molecule has 33 heavy (non-hydrogen) atoms. The molecule has 3 aromatic rings. The van der Waals surface area contributed by atoms with Crippen LogP contribution in [-0.2, 0) is 0 Å². The van der Waals surface area contributed by atoms with Gasteiger partial charge in [-0.15, -0.1) is 0 Å². The average molecular weight is 446 g/mol. The largest absolute Gasteiger partial charge is 0.497 e. The highest BCUT2D eigenvalue weighted by Gasteiger charge is 2.28. The highest BCUT2D eigenvalue weighted by molar-refractivity contribution is 6.14. The van der Waals surface area contributed by atoms with Crippen LogP contribution >= 0.6 is 0 Å². The van der Waals surface area contributed by atoms with Gasteiger partial charge in [-0.05, 0) is 54.6 Å². The van der Waals surface area contributed by atoms with Gasteiger partial charge in [0.25, 0.3) is 0 Å². The molecular formula is C26H22O7. The van der Waals surface area contributed by atoms with E-state index in [-0.39, 0.29) is 23.9 Å². The molecule has 0 aliphatic carbocycles. The number of benzene rings is 3. The second-order valence-corrected chi connectivity index (χ2v) is 7.15. The van der Waals surface area contributed by atoms with Gasteiger partial charge in [0.15, 0.2) is 18.1 Å². The van der Waals surface area contributed by atoms with Crippen molar-refractivity contribution in [3.63, 3.8) is 0 Å². The lowest BCUT2D eigenvalue weighted by Crippen LogP contribution is -2.11. The number of ether oxygens (including phenoxy) is 5. The van der Waals surface area contributed by atoms with Crippen molar-refractivity contribution in [1.29, 1.82) is 0 Å². The molecule has 0 radical (unpaired) electrons. The molecule has 0 atom stereocenters. The first kappa shape index (κ1) is 22.0. The van der Waals surface area contributed by atoms with E-state index in [0.717, 1.165) is 0 Å². The fourth-order valence-corrected chi connectivity index (χ4v) is 3.35. The molecule has 1 heterocycles. The smallest absolute Gasteiger partial charge is 0.231 e. The summed E-state index contributed by atoms with van der Waals surface area (Å²) in [5, 5.41) is 0. The summed E-state index contributed by atoms with van der Waals surface area (Å²) in [5.74, 6) is 2.40. The van der Waals surface area contributed by atoms with Gasteiger partial charge in [-0.3, -0.25) is 9.59 Å². The van der Waals surface area contributed by atoms with E-state index in [0.29, 0.717) is 45.4 Å². The van der Waals surface area contributed by atoms with Gasteiger partial charge in [0.2, 0.25) is 5.78 Å². The Balaban J connectivity index is 1.47. The quantitative estimate of drug-likeness (QED) is 0.370. The third-order valence-electron chi connectivity index (χ3n) is 5.15. The Labute approximate surface area is 191 Å². The summed E-state index contributed by atoms with van der Waals surface area (Å²) in [4.78, 5) is 25.2. The molecule has 0 spiro atoms. The molecule has 0 fully saturated rings. The van der Waals surface area contributed by atoms with Gasteiger partial charge in [-0.2, -0.15) is 0 Å². The van der Waals surface area contributed by atoms with E-state index in [1.54, 1.807) is 88.1 Å². The Morgan fingerprint density at radius 1 is 0.848 bits per heavy atom. The zero-order chi connectivity index (χ0) is 23.4. The summed E-state index contributed by atoms with van der Waals surface area (Å²) < 4.78 is 27.1. The zero-order valence-electron chi connectivity index (χ0n) is 18.4. The minimum absolute atomic E-state index is 0.148. The van der Waals surface area contributed by atoms with Crippen molar-refractivity contribution in [2.45, 2.75) is 0 Å². The SMILES string of the molecule is COc1ccc(C(=O)COc2ccc3c(c2)OC(=Cc2ccc(OC)cc2OC)C3=O)cc1. The molecule has 168 valence electrons. The van der Waals surface area contributed by atoms with E-state index >= 15 is 0 Å². The Morgan fingerprint density at radius 3 is 2.24 bits per heavy atom. The minimum Gasteiger partial charge on any atom is -0.497 e. The second kappa shape index (κ2) is 9.48. The second-order valence-electron chi connectivity index (χ2n) is 7.15. The number of carbonyl (C=O) groups is 2. The molecule has 0 bridgehead atoms. The molecule has 0 saturated heterocycles. The first-order chi connectivity index (χ1) is 16.0. The van der Waals surface area contributed by atoms with Gasteiger partial charge >= 0.3 is 0 Å². The molecule has 1 aliphatic rings. The molecule has 0 amide bonds. The van der Waals surface area contributed by atoms with Crippen LogP contribution in [0.5, 0.6) is 28.7 Å². The average Bonchev–Trinajstić information content (AvgIpc) is 3.17. The van der Waals surface area contributed by atoms with Crippen LogP contribution < -0.4 is 23.7 Å². The number of hydrogen-bond acceptors (Lipinski definition) is 7. The van der Waals surface area contributed by atoms with Crippen LogP contribution in [0, 0.1) is 0 Å². The summed E-state index contributed by atoms with van der Waals surface area (Å²) in [6.07, 6.45) is 1.62. The predicted octanol–water partition coefficient (Wildman–Crippen LogP) is 4.59. The minimum atomic E-state index is -0.247. The van der Waals surface area contributed by atoms with Gasteiger partial charge in [-0.1, -0.05) is 0 Å². The maximum atomic E-state index is 12.8. The molecule has 0 saturated carbocycles. The Morgan fingerprint density at radius 2 is 1.55 bits per heavy atom. The summed E-state index contributed by atoms with van der Waals surface area (Å²) in [7, 11) is 4.67. The number of ketones is 2. The van der Waals surface area contributed by atoms with Crippen LogP contribution in [0.1, 0.15) is 26.3 Å². The van der Waals surface area contributed by atoms with Crippen molar-refractivity contribution in [3.8, 4) is 28.7 Å². The third kappa shape index (κ3) is 4.67. The lowest BCUT2D eigenvalue weighted by molar-refractivity contribution is 0.0920. The maximum absolute atomic E-state index is 12.8. The normalized spacial score (nSPS) is 13.3. The number of allylic oxidation sites excluding steroid dienone is 1. The highest BCUT2D eigenvalue weighted by atomic mass is 16.5. The molecule has 7 heteroatoms. The van der Waals surface area contributed by atoms with Gasteiger partial charge in [0.05, 0.1) is 26.9 Å². The number of Topliss-reactive ketones (excluding diaryl/α,β-unsaturated/α-hetero) is 2. The third-order valence-corrected chi connectivity index (χ3v) is 5.15. The number of rotatable bonds is 8. The van der Waals surface area contributed by atoms with Crippen molar-refractivity contribution >= 4 is 17.6 Å². The summed E-state index contributed by atoms with van der Waals surface area (Å²) in [6, 6.07) is 16.9. The van der Waals surface area contributed by atoms with Crippen molar-refractivity contribution in [2.75, 3.05) is 27.9 Å². The van der Waals surface area contributed by atoms with E-state index in [9.17, 15) is 9.59 Å². The van der Waals surface area contributed by atoms with Crippen LogP contribution in [0.3, 0.4) is 0 Å². The standard InChI is InChI=1S/C26H22O7/c1-29-18-7-4-16(5-8-18)22(27)15-32-20-10-11-21-24(14-20)33-25(26(21)28)12-17-6-9-19(30-2)13-23(17)31-3/h4-14H,15H2,1-3H3. The molecule has 7 nitrogen and oxygen atoms in total. The van der Waals surface area contributed by atoms with Crippen molar-refractivity contribution < 1.29 is 33.3 Å². The monoisotopic (exact) mass is 446 g/mol. The summed E-state index contributed by atoms with van der Waals surface area (Å²) >= 11 is 0. The topological polar surface area (TPSA) is 80.3 Å². The Bertz CT molecular complexity index is 1230. The maximum Gasteiger partial charge on any atom is 0.231 e. The first-order valence-electron chi connectivity index (χ1n) is 10.1. The van der Waals surface area contributed by atoms with E-state index in [4.69, 9.17) is 23.7 Å². The van der Waals surface area contributed by atoms with Crippen LogP contribution in [0.2, 0.25) is 0 Å². The zero-order valence-corrected chi connectivity index (χ0v) is 18.4. The number of hydrogen-bond donors (Lipinski definition) is 0. The molecule has 0 aromatic heterocycles. The molecule has 1 aliphatic heterocycles. The van der Waals surface area contributed by atoms with Crippen LogP contribution in [0.15, 0.2) is 66.4 Å². The fraction of sp³-hybridized carbons (Fsp3) is 0.154. The molecular weight excluding hydrogens is 424 g/mol. The number of fused-ring (bicyclic) bond motifs is 1. The Hall–Kier alpha value is -4.26. The van der Waals surface area contributed by atoms with Gasteiger partial charge < -0.3 is 23.7 Å². The fourth-order valence-electron chi connectivity index (χ4n) is 3.35. The lowest BCUT2D eigenvalue weighted by atomic mass is 10.1. The van der Waals surface area contributed by atoms with Gasteiger partial charge in [0, 0.05) is 23.3 Å². The molecule has 4 rings (SSSR count). The van der Waals surface area contributed by atoms with Crippen LogP contribution in [-0.4, -0.2) is 39.5 Å². The van der Waals surface area contributed by atoms with Crippen LogP contribution in [0.25, 0.3) is 6.08 Å². The van der Waals surface area contributed by atoms with Crippen LogP contribution in [0.4, 0.5) is 0 Å².